The Kier molecular flexibility index (Phi) is 6.09. The molecule has 1 heterocycles. The summed E-state index contributed by atoms with van der Waals surface area (Å²) in [5.41, 5.74) is 7.07. The SMILES string of the molecule is CCC(C)[C@@H](N)c1ccc(Cl)nc1.Cl. The molecule has 0 spiro atoms. The summed E-state index contributed by atoms with van der Waals surface area (Å²) >= 11 is 5.68. The van der Waals surface area contributed by atoms with Crippen LogP contribution in [0.3, 0.4) is 0 Å². The van der Waals surface area contributed by atoms with E-state index in [4.69, 9.17) is 17.3 Å². The molecule has 2 N–H and O–H groups in total. The van der Waals surface area contributed by atoms with E-state index in [9.17, 15) is 0 Å². The van der Waals surface area contributed by atoms with Crippen LogP contribution in [0.1, 0.15) is 31.9 Å². The van der Waals surface area contributed by atoms with Crippen molar-refractivity contribution in [2.45, 2.75) is 26.3 Å². The third-order valence-electron chi connectivity index (χ3n) is 2.39. The van der Waals surface area contributed by atoms with Crippen molar-refractivity contribution >= 4 is 24.0 Å². The first-order valence-electron chi connectivity index (χ1n) is 4.52. The minimum Gasteiger partial charge on any atom is -0.324 e. The molecule has 4 heteroatoms. The Balaban J connectivity index is 0.00000169. The lowest BCUT2D eigenvalue weighted by Gasteiger charge is -2.17. The second kappa shape index (κ2) is 6.23. The highest BCUT2D eigenvalue weighted by Crippen LogP contribution is 2.21. The number of hydrogen-bond donors (Lipinski definition) is 1. The van der Waals surface area contributed by atoms with Crippen LogP contribution >= 0.6 is 24.0 Å². The first-order chi connectivity index (χ1) is 6.15. The predicted octanol–water partition coefficient (Wildman–Crippen LogP) is 3.20. The molecule has 1 aromatic rings. The van der Waals surface area contributed by atoms with Gasteiger partial charge >= 0.3 is 0 Å². The summed E-state index contributed by atoms with van der Waals surface area (Å²) in [5, 5.41) is 0.514. The fourth-order valence-corrected chi connectivity index (χ4v) is 1.28. The van der Waals surface area contributed by atoms with Crippen LogP contribution in [0.4, 0.5) is 0 Å². The zero-order valence-electron chi connectivity index (χ0n) is 8.40. The Morgan fingerprint density at radius 2 is 2.14 bits per heavy atom. The van der Waals surface area contributed by atoms with Crippen LogP contribution < -0.4 is 5.73 Å². The molecule has 0 fully saturated rings. The maximum Gasteiger partial charge on any atom is 0.129 e. The Bertz CT molecular complexity index is 261. The van der Waals surface area contributed by atoms with Gasteiger partial charge in [-0.05, 0) is 17.5 Å². The second-order valence-electron chi connectivity index (χ2n) is 3.33. The van der Waals surface area contributed by atoms with Gasteiger partial charge in [-0.25, -0.2) is 4.98 Å². The summed E-state index contributed by atoms with van der Waals surface area (Å²) in [5.74, 6) is 0.475. The van der Waals surface area contributed by atoms with Crippen molar-refractivity contribution in [1.82, 2.24) is 4.98 Å². The minimum absolute atomic E-state index is 0. The van der Waals surface area contributed by atoms with Crippen LogP contribution in [0.2, 0.25) is 5.15 Å². The molecule has 1 rings (SSSR count). The Morgan fingerprint density at radius 3 is 2.57 bits per heavy atom. The topological polar surface area (TPSA) is 38.9 Å². The molecule has 0 radical (unpaired) electrons. The number of nitrogens with zero attached hydrogens (tertiary/aromatic N) is 1. The maximum atomic E-state index is 6.02. The highest BCUT2D eigenvalue weighted by molar-refractivity contribution is 6.29. The van der Waals surface area contributed by atoms with Gasteiger partial charge in [-0.15, -0.1) is 12.4 Å². The molecular formula is C10H16Cl2N2. The predicted molar refractivity (Wildman–Crippen MR) is 62.9 cm³/mol. The molecule has 0 aliphatic rings. The molecule has 0 saturated heterocycles. The van der Waals surface area contributed by atoms with Gasteiger partial charge in [0.25, 0.3) is 0 Å². The van der Waals surface area contributed by atoms with Crippen LogP contribution in [0.5, 0.6) is 0 Å². The van der Waals surface area contributed by atoms with Gasteiger partial charge in [0, 0.05) is 12.2 Å². The van der Waals surface area contributed by atoms with Gasteiger partial charge < -0.3 is 5.73 Å². The molecule has 0 saturated carbocycles. The fourth-order valence-electron chi connectivity index (χ4n) is 1.17. The molecule has 2 atom stereocenters. The lowest BCUT2D eigenvalue weighted by molar-refractivity contribution is 0.456. The summed E-state index contributed by atoms with van der Waals surface area (Å²) in [4.78, 5) is 4.00. The maximum absolute atomic E-state index is 6.02. The molecule has 1 aromatic heterocycles. The number of rotatable bonds is 3. The third kappa shape index (κ3) is 3.45. The number of pyridine rings is 1. The van der Waals surface area contributed by atoms with Gasteiger partial charge in [-0.3, -0.25) is 0 Å². The highest BCUT2D eigenvalue weighted by atomic mass is 35.5. The molecular weight excluding hydrogens is 219 g/mol. The van der Waals surface area contributed by atoms with Crippen LogP contribution in [0, 0.1) is 5.92 Å². The van der Waals surface area contributed by atoms with Gasteiger partial charge in [0.2, 0.25) is 0 Å². The molecule has 0 amide bonds. The molecule has 80 valence electrons. The zero-order valence-corrected chi connectivity index (χ0v) is 9.98. The van der Waals surface area contributed by atoms with E-state index < -0.39 is 0 Å². The van der Waals surface area contributed by atoms with Crippen LogP contribution in [-0.4, -0.2) is 4.98 Å². The summed E-state index contributed by atoms with van der Waals surface area (Å²) in [6.07, 6.45) is 2.82. The normalized spacial score (nSPS) is 14.3. The van der Waals surface area contributed by atoms with Crippen molar-refractivity contribution in [3.05, 3.63) is 29.0 Å². The molecule has 2 nitrogen and oxygen atoms in total. The van der Waals surface area contributed by atoms with Crippen molar-refractivity contribution < 1.29 is 0 Å². The van der Waals surface area contributed by atoms with E-state index in [1.807, 2.05) is 6.07 Å². The average Bonchev–Trinajstić information content (AvgIpc) is 2.17. The van der Waals surface area contributed by atoms with E-state index in [1.54, 1.807) is 12.3 Å². The molecule has 0 aliphatic heterocycles. The van der Waals surface area contributed by atoms with E-state index in [0.29, 0.717) is 11.1 Å². The highest BCUT2D eigenvalue weighted by Gasteiger charge is 2.12. The van der Waals surface area contributed by atoms with Crippen molar-refractivity contribution in [3.8, 4) is 0 Å². The molecule has 14 heavy (non-hydrogen) atoms. The summed E-state index contributed by atoms with van der Waals surface area (Å²) in [6, 6.07) is 3.78. The quantitative estimate of drug-likeness (QED) is 0.817. The van der Waals surface area contributed by atoms with E-state index in [2.05, 4.69) is 18.8 Å². The molecule has 0 bridgehead atoms. The Morgan fingerprint density at radius 1 is 1.50 bits per heavy atom. The van der Waals surface area contributed by atoms with Crippen molar-refractivity contribution in [2.24, 2.45) is 11.7 Å². The van der Waals surface area contributed by atoms with E-state index in [1.165, 1.54) is 0 Å². The molecule has 0 aliphatic carbocycles. The number of nitrogens with two attached hydrogens (primary N) is 1. The van der Waals surface area contributed by atoms with E-state index in [-0.39, 0.29) is 18.4 Å². The smallest absolute Gasteiger partial charge is 0.129 e. The first-order valence-corrected chi connectivity index (χ1v) is 4.90. The molecule has 0 aromatic carbocycles. The number of halogens is 2. The summed E-state index contributed by atoms with van der Waals surface area (Å²) in [6.45, 7) is 4.27. The summed E-state index contributed by atoms with van der Waals surface area (Å²) in [7, 11) is 0. The standard InChI is InChI=1S/C10H15ClN2.ClH/c1-3-7(2)10(12)8-4-5-9(11)13-6-8;/h4-7,10H,3,12H2,1-2H3;1H/t7?,10-;/m1./s1. The van der Waals surface area contributed by atoms with Crippen LogP contribution in [-0.2, 0) is 0 Å². The number of aromatic nitrogens is 1. The van der Waals surface area contributed by atoms with Crippen LogP contribution in [0.15, 0.2) is 18.3 Å². The second-order valence-corrected chi connectivity index (χ2v) is 3.71. The van der Waals surface area contributed by atoms with E-state index >= 15 is 0 Å². The number of hydrogen-bond acceptors (Lipinski definition) is 2. The van der Waals surface area contributed by atoms with Gasteiger partial charge in [-0.2, -0.15) is 0 Å². The van der Waals surface area contributed by atoms with Crippen LogP contribution in [0.25, 0.3) is 0 Å². The van der Waals surface area contributed by atoms with Gasteiger partial charge in [-0.1, -0.05) is 37.9 Å². The lowest BCUT2D eigenvalue weighted by Crippen LogP contribution is -2.18. The Labute approximate surface area is 96.3 Å². The van der Waals surface area contributed by atoms with E-state index in [0.717, 1.165) is 12.0 Å². The zero-order chi connectivity index (χ0) is 9.84. The van der Waals surface area contributed by atoms with Crippen molar-refractivity contribution in [3.63, 3.8) is 0 Å². The largest absolute Gasteiger partial charge is 0.324 e. The Hall–Kier alpha value is -0.310. The minimum atomic E-state index is 0. The fraction of sp³-hybridized carbons (Fsp3) is 0.500. The van der Waals surface area contributed by atoms with Crippen molar-refractivity contribution in [2.75, 3.05) is 0 Å². The first kappa shape index (κ1) is 13.7. The monoisotopic (exact) mass is 234 g/mol. The van der Waals surface area contributed by atoms with Crippen molar-refractivity contribution in [1.29, 1.82) is 0 Å². The average molecular weight is 235 g/mol. The van der Waals surface area contributed by atoms with Gasteiger partial charge in [0.05, 0.1) is 0 Å². The summed E-state index contributed by atoms with van der Waals surface area (Å²) < 4.78 is 0. The third-order valence-corrected chi connectivity index (χ3v) is 2.62. The van der Waals surface area contributed by atoms with Gasteiger partial charge in [0.15, 0.2) is 0 Å². The molecule has 1 unspecified atom stereocenters. The lowest BCUT2D eigenvalue weighted by atomic mass is 9.95. The van der Waals surface area contributed by atoms with Gasteiger partial charge in [0.1, 0.15) is 5.15 Å².